The molecule has 1 unspecified atom stereocenters. The summed E-state index contributed by atoms with van der Waals surface area (Å²) < 4.78 is 16.5. The number of hydrogen-bond acceptors (Lipinski definition) is 6. The van der Waals surface area contributed by atoms with Gasteiger partial charge in [0.15, 0.2) is 17.6 Å². The third kappa shape index (κ3) is 5.35. The minimum absolute atomic E-state index is 0.242. The molecule has 0 bridgehead atoms. The van der Waals surface area contributed by atoms with E-state index in [0.717, 1.165) is 17.7 Å². The number of carbonyl (C=O) groups is 3. The molecule has 0 spiro atoms. The smallest absolute Gasteiger partial charge is 0.339 e. The number of nitrogens with zero attached hydrogens (tertiary/aromatic N) is 1. The van der Waals surface area contributed by atoms with E-state index >= 15 is 0 Å². The van der Waals surface area contributed by atoms with Gasteiger partial charge in [-0.25, -0.2) is 9.59 Å². The zero-order valence-corrected chi connectivity index (χ0v) is 15.9. The predicted octanol–water partition coefficient (Wildman–Crippen LogP) is 2.36. The van der Waals surface area contributed by atoms with Crippen molar-refractivity contribution in [1.29, 1.82) is 0 Å². The second kappa shape index (κ2) is 9.80. The fourth-order valence-corrected chi connectivity index (χ4v) is 2.53. The Labute approximate surface area is 158 Å². The molecule has 1 aromatic rings. The molecular weight excluding hydrogens is 352 g/mol. The average molecular weight is 378 g/mol. The first kappa shape index (κ1) is 20.5. The number of amides is 3. The van der Waals surface area contributed by atoms with Gasteiger partial charge in [0.05, 0.1) is 18.8 Å². The van der Waals surface area contributed by atoms with Crippen LogP contribution >= 0.6 is 0 Å². The Bertz CT molecular complexity index is 691. The van der Waals surface area contributed by atoms with Crippen molar-refractivity contribution in [2.75, 3.05) is 26.3 Å². The molecule has 0 aromatic heterocycles. The Morgan fingerprint density at radius 3 is 2.63 bits per heavy atom. The van der Waals surface area contributed by atoms with Crippen molar-refractivity contribution in [2.24, 2.45) is 0 Å². The Balaban J connectivity index is 2.05. The van der Waals surface area contributed by atoms with E-state index in [1.807, 2.05) is 6.92 Å². The minimum atomic E-state index is -1.07. The van der Waals surface area contributed by atoms with Gasteiger partial charge < -0.3 is 19.5 Å². The van der Waals surface area contributed by atoms with Crippen LogP contribution in [0.1, 0.15) is 44.0 Å². The summed E-state index contributed by atoms with van der Waals surface area (Å²) in [5.41, 5.74) is 0.242. The SMILES string of the molecule is CCCCOc1ccc(C(=O)OC(C)C(=O)N2CCNC2=O)cc1OCC. The molecule has 1 N–H and O–H groups in total. The Hall–Kier alpha value is -2.77. The Morgan fingerprint density at radius 1 is 1.22 bits per heavy atom. The van der Waals surface area contributed by atoms with Crippen molar-refractivity contribution in [3.05, 3.63) is 23.8 Å². The first-order chi connectivity index (χ1) is 13.0. The minimum Gasteiger partial charge on any atom is -0.490 e. The maximum absolute atomic E-state index is 12.4. The third-order valence-electron chi connectivity index (χ3n) is 3.99. The van der Waals surface area contributed by atoms with Gasteiger partial charge >= 0.3 is 12.0 Å². The van der Waals surface area contributed by atoms with Gasteiger partial charge in [0.1, 0.15) is 0 Å². The number of esters is 1. The lowest BCUT2D eigenvalue weighted by atomic mass is 10.2. The van der Waals surface area contributed by atoms with E-state index in [2.05, 4.69) is 12.2 Å². The lowest BCUT2D eigenvalue weighted by Gasteiger charge is -2.18. The molecular formula is C19H26N2O6. The molecule has 1 saturated heterocycles. The van der Waals surface area contributed by atoms with Crippen LogP contribution in [0, 0.1) is 0 Å². The predicted molar refractivity (Wildman–Crippen MR) is 98.0 cm³/mol. The first-order valence-corrected chi connectivity index (χ1v) is 9.17. The number of nitrogens with one attached hydrogen (secondary N) is 1. The highest BCUT2D eigenvalue weighted by Crippen LogP contribution is 2.29. The maximum Gasteiger partial charge on any atom is 0.339 e. The second-order valence-corrected chi connectivity index (χ2v) is 6.07. The van der Waals surface area contributed by atoms with Gasteiger partial charge in [-0.3, -0.25) is 9.69 Å². The molecule has 3 amide bonds. The second-order valence-electron chi connectivity index (χ2n) is 6.07. The number of benzene rings is 1. The van der Waals surface area contributed by atoms with E-state index in [0.29, 0.717) is 31.3 Å². The molecule has 2 rings (SSSR count). The number of imide groups is 1. The fourth-order valence-electron chi connectivity index (χ4n) is 2.53. The van der Waals surface area contributed by atoms with Crippen LogP contribution in [-0.2, 0) is 9.53 Å². The maximum atomic E-state index is 12.4. The number of carbonyl (C=O) groups excluding carboxylic acids is 3. The van der Waals surface area contributed by atoms with Crippen LogP contribution in [0.4, 0.5) is 4.79 Å². The highest BCUT2D eigenvalue weighted by molar-refractivity contribution is 5.99. The molecule has 8 nitrogen and oxygen atoms in total. The molecule has 1 aliphatic heterocycles. The van der Waals surface area contributed by atoms with E-state index in [1.54, 1.807) is 12.1 Å². The first-order valence-electron chi connectivity index (χ1n) is 9.17. The normalized spacial score (nSPS) is 14.5. The van der Waals surface area contributed by atoms with Crippen LogP contribution in [0.2, 0.25) is 0 Å². The topological polar surface area (TPSA) is 94.2 Å². The third-order valence-corrected chi connectivity index (χ3v) is 3.99. The molecule has 148 valence electrons. The van der Waals surface area contributed by atoms with Gasteiger partial charge in [-0.1, -0.05) is 13.3 Å². The highest BCUT2D eigenvalue weighted by atomic mass is 16.5. The Kier molecular flexibility index (Phi) is 7.45. The number of urea groups is 1. The fraction of sp³-hybridized carbons (Fsp3) is 0.526. The lowest BCUT2D eigenvalue weighted by molar-refractivity contribution is -0.136. The van der Waals surface area contributed by atoms with Crippen molar-refractivity contribution in [3.63, 3.8) is 0 Å². The largest absolute Gasteiger partial charge is 0.490 e. The number of ether oxygens (including phenoxy) is 3. The van der Waals surface area contributed by atoms with Gasteiger partial charge in [-0.05, 0) is 38.5 Å². The molecule has 1 atom stereocenters. The van der Waals surface area contributed by atoms with Crippen LogP contribution in [0.15, 0.2) is 18.2 Å². The van der Waals surface area contributed by atoms with Crippen LogP contribution in [-0.4, -0.2) is 55.2 Å². The Morgan fingerprint density at radius 2 is 2.00 bits per heavy atom. The molecule has 27 heavy (non-hydrogen) atoms. The summed E-state index contributed by atoms with van der Waals surface area (Å²) in [5, 5.41) is 2.53. The van der Waals surface area contributed by atoms with Crippen molar-refractivity contribution >= 4 is 17.9 Å². The van der Waals surface area contributed by atoms with Crippen LogP contribution in [0.5, 0.6) is 11.5 Å². The molecule has 0 saturated carbocycles. The van der Waals surface area contributed by atoms with Crippen molar-refractivity contribution in [1.82, 2.24) is 10.2 Å². The van der Waals surface area contributed by atoms with Gasteiger partial charge in [-0.15, -0.1) is 0 Å². The summed E-state index contributed by atoms with van der Waals surface area (Å²) in [4.78, 5) is 37.2. The standard InChI is InChI=1S/C19H26N2O6/c1-4-6-11-26-15-8-7-14(12-16(15)25-5-2)18(23)27-13(3)17(22)21-10-9-20-19(21)24/h7-8,12-13H,4-6,9-11H2,1-3H3,(H,20,24). The van der Waals surface area contributed by atoms with Crippen molar-refractivity contribution in [3.8, 4) is 11.5 Å². The van der Waals surface area contributed by atoms with E-state index in [-0.39, 0.29) is 12.1 Å². The molecule has 1 heterocycles. The zero-order chi connectivity index (χ0) is 19.8. The molecule has 0 radical (unpaired) electrons. The molecule has 1 aliphatic rings. The average Bonchev–Trinajstić information content (AvgIpc) is 3.08. The number of unbranched alkanes of at least 4 members (excludes halogenated alkanes) is 1. The zero-order valence-electron chi connectivity index (χ0n) is 15.9. The molecule has 8 heteroatoms. The lowest BCUT2D eigenvalue weighted by Crippen LogP contribution is -2.41. The summed E-state index contributed by atoms with van der Waals surface area (Å²) in [5.74, 6) is -0.222. The summed E-state index contributed by atoms with van der Waals surface area (Å²) in [6.45, 7) is 6.98. The quantitative estimate of drug-likeness (QED) is 0.524. The van der Waals surface area contributed by atoms with E-state index < -0.39 is 24.0 Å². The van der Waals surface area contributed by atoms with Gasteiger partial charge in [0, 0.05) is 13.1 Å². The number of hydrogen-bond donors (Lipinski definition) is 1. The van der Waals surface area contributed by atoms with E-state index in [9.17, 15) is 14.4 Å². The van der Waals surface area contributed by atoms with Gasteiger partial charge in [0.2, 0.25) is 0 Å². The van der Waals surface area contributed by atoms with Crippen LogP contribution in [0.3, 0.4) is 0 Å². The van der Waals surface area contributed by atoms with Crippen molar-refractivity contribution < 1.29 is 28.6 Å². The van der Waals surface area contributed by atoms with Crippen LogP contribution < -0.4 is 14.8 Å². The number of rotatable bonds is 9. The summed E-state index contributed by atoms with van der Waals surface area (Å²) in [6, 6.07) is 4.27. The van der Waals surface area contributed by atoms with Gasteiger partial charge in [0.25, 0.3) is 5.91 Å². The summed E-state index contributed by atoms with van der Waals surface area (Å²) in [6.07, 6.45) is 0.853. The molecule has 1 fully saturated rings. The molecule has 0 aliphatic carbocycles. The highest BCUT2D eigenvalue weighted by Gasteiger charge is 2.31. The van der Waals surface area contributed by atoms with Gasteiger partial charge in [-0.2, -0.15) is 0 Å². The van der Waals surface area contributed by atoms with E-state index in [4.69, 9.17) is 14.2 Å². The summed E-state index contributed by atoms with van der Waals surface area (Å²) in [7, 11) is 0. The summed E-state index contributed by atoms with van der Waals surface area (Å²) >= 11 is 0. The molecule has 1 aromatic carbocycles. The monoisotopic (exact) mass is 378 g/mol. The van der Waals surface area contributed by atoms with Crippen LogP contribution in [0.25, 0.3) is 0 Å². The van der Waals surface area contributed by atoms with E-state index in [1.165, 1.54) is 13.0 Å². The van der Waals surface area contributed by atoms with Crippen molar-refractivity contribution in [2.45, 2.75) is 39.7 Å².